The fourth-order valence-corrected chi connectivity index (χ4v) is 1.56. The molecule has 1 rings (SSSR count). The zero-order valence-corrected chi connectivity index (χ0v) is 9.25. The molecule has 8 heteroatoms. The summed E-state index contributed by atoms with van der Waals surface area (Å²) in [6.45, 7) is -0.381. The lowest BCUT2D eigenvalue weighted by atomic mass is 10.1. The molecule has 0 aromatic heterocycles. The van der Waals surface area contributed by atoms with Gasteiger partial charge in [-0.05, 0) is 17.7 Å². The van der Waals surface area contributed by atoms with Crippen LogP contribution in [-0.4, -0.2) is 25.3 Å². The van der Waals surface area contributed by atoms with Crippen LogP contribution >= 0.6 is 0 Å². The van der Waals surface area contributed by atoms with Crippen LogP contribution in [0.15, 0.2) is 24.3 Å². The molecule has 0 saturated carbocycles. The molecule has 0 bridgehead atoms. The maximum absolute atomic E-state index is 12.0. The van der Waals surface area contributed by atoms with Crippen LogP contribution in [0.5, 0.6) is 0 Å². The van der Waals surface area contributed by atoms with Gasteiger partial charge in [0.2, 0.25) is 0 Å². The van der Waals surface area contributed by atoms with Gasteiger partial charge in [-0.15, -0.1) is 0 Å². The molecule has 0 radical (unpaired) electrons. The summed E-state index contributed by atoms with van der Waals surface area (Å²) in [4.78, 5) is 10.6. The summed E-state index contributed by atoms with van der Waals surface area (Å²) in [5.74, 6) is -4.69. The predicted octanol–water partition coefficient (Wildman–Crippen LogP) is 1.03. The minimum absolute atomic E-state index is 0.0428. The van der Waals surface area contributed by atoms with Crippen molar-refractivity contribution >= 4 is 16.0 Å². The van der Waals surface area contributed by atoms with Gasteiger partial charge >= 0.3 is 11.7 Å². The average molecular weight is 265 g/mol. The van der Waals surface area contributed by atoms with Crippen molar-refractivity contribution in [3.63, 3.8) is 0 Å². The number of sulfonamides is 1. The van der Waals surface area contributed by atoms with E-state index >= 15 is 0 Å². The number of carboxylic acid groups (broad SMARTS) is 1. The zero-order chi connectivity index (χ0) is 13.1. The molecule has 94 valence electrons. The van der Waals surface area contributed by atoms with E-state index in [2.05, 4.69) is 0 Å². The molecular formula is C9H9F2NO4S. The number of nitrogens with one attached hydrogen (secondary N) is 1. The Kier molecular flexibility index (Phi) is 4.13. The van der Waals surface area contributed by atoms with Gasteiger partial charge in [-0.25, -0.2) is 17.9 Å². The van der Waals surface area contributed by atoms with Gasteiger partial charge in [0.15, 0.2) is 0 Å². The van der Waals surface area contributed by atoms with Crippen molar-refractivity contribution in [1.29, 1.82) is 0 Å². The minimum Gasteiger partial charge on any atom is -0.478 e. The third kappa shape index (κ3) is 3.75. The number of rotatable bonds is 5. The number of halogens is 2. The molecule has 0 aliphatic carbocycles. The summed E-state index contributed by atoms with van der Waals surface area (Å²) >= 11 is 0. The number of hydrogen-bond donors (Lipinski definition) is 2. The Hall–Kier alpha value is -1.54. The number of carboxylic acids is 1. The fraction of sp³-hybridized carbons (Fsp3) is 0.222. The molecule has 1 aromatic rings. The van der Waals surface area contributed by atoms with Crippen molar-refractivity contribution in [2.45, 2.75) is 12.3 Å². The monoisotopic (exact) mass is 265 g/mol. The molecule has 0 unspecified atom stereocenters. The van der Waals surface area contributed by atoms with E-state index in [4.69, 9.17) is 5.11 Å². The van der Waals surface area contributed by atoms with Crippen LogP contribution < -0.4 is 4.72 Å². The van der Waals surface area contributed by atoms with Crippen molar-refractivity contribution in [3.8, 4) is 0 Å². The quantitative estimate of drug-likeness (QED) is 0.832. The Balaban J connectivity index is 2.77. The minimum atomic E-state index is -4.66. The van der Waals surface area contributed by atoms with Gasteiger partial charge < -0.3 is 5.11 Å². The molecule has 0 aliphatic rings. The van der Waals surface area contributed by atoms with Gasteiger partial charge in [-0.1, -0.05) is 12.1 Å². The van der Waals surface area contributed by atoms with Crippen LogP contribution in [0.3, 0.4) is 0 Å². The highest BCUT2D eigenvalue weighted by Gasteiger charge is 2.22. The zero-order valence-electron chi connectivity index (χ0n) is 8.43. The van der Waals surface area contributed by atoms with Gasteiger partial charge in [-0.3, -0.25) is 0 Å². The standard InChI is InChI=1S/C9H9F2NO4S/c10-9(11)17(15,16)12-5-6-2-1-3-7(4-6)8(13)14/h1-4,9,12H,5H2,(H,13,14). The third-order valence-corrected chi connectivity index (χ3v) is 2.90. The lowest BCUT2D eigenvalue weighted by Crippen LogP contribution is -2.28. The fourth-order valence-electron chi connectivity index (χ4n) is 1.06. The van der Waals surface area contributed by atoms with Crippen molar-refractivity contribution in [2.24, 2.45) is 0 Å². The van der Waals surface area contributed by atoms with Gasteiger partial charge in [-0.2, -0.15) is 8.78 Å². The van der Waals surface area contributed by atoms with E-state index in [1.165, 1.54) is 24.3 Å². The normalized spacial score (nSPS) is 11.7. The molecular weight excluding hydrogens is 256 g/mol. The summed E-state index contributed by atoms with van der Waals surface area (Å²) in [5.41, 5.74) is 0.243. The first-order chi connectivity index (χ1) is 7.83. The SMILES string of the molecule is O=C(O)c1cccc(CNS(=O)(=O)C(F)F)c1. The topological polar surface area (TPSA) is 83.5 Å². The summed E-state index contributed by atoms with van der Waals surface area (Å²) in [6.07, 6.45) is 0. The first-order valence-electron chi connectivity index (χ1n) is 4.42. The summed E-state index contributed by atoms with van der Waals surface area (Å²) in [7, 11) is -4.66. The molecule has 0 amide bonds. The highest BCUT2D eigenvalue weighted by molar-refractivity contribution is 7.89. The third-order valence-electron chi connectivity index (χ3n) is 1.89. The molecule has 5 nitrogen and oxygen atoms in total. The van der Waals surface area contributed by atoms with Crippen LogP contribution in [-0.2, 0) is 16.6 Å². The summed E-state index contributed by atoms with van der Waals surface area (Å²) in [5, 5.41) is 8.67. The summed E-state index contributed by atoms with van der Waals surface area (Å²) < 4.78 is 47.1. The van der Waals surface area contributed by atoms with Crippen LogP contribution in [0, 0.1) is 0 Å². The van der Waals surface area contributed by atoms with E-state index < -0.39 is 21.8 Å². The van der Waals surface area contributed by atoms with Gasteiger partial charge in [0.25, 0.3) is 10.0 Å². The van der Waals surface area contributed by atoms with E-state index in [0.717, 1.165) is 0 Å². The van der Waals surface area contributed by atoms with Crippen molar-refractivity contribution in [1.82, 2.24) is 4.72 Å². The van der Waals surface area contributed by atoms with Gasteiger partial charge in [0.05, 0.1) is 5.56 Å². The Morgan fingerprint density at radius 1 is 1.41 bits per heavy atom. The van der Waals surface area contributed by atoms with Crippen molar-refractivity contribution in [2.75, 3.05) is 0 Å². The average Bonchev–Trinajstić information content (AvgIpc) is 2.26. The Morgan fingerprint density at radius 3 is 2.59 bits per heavy atom. The summed E-state index contributed by atoms with van der Waals surface area (Å²) in [6, 6.07) is 5.35. The lowest BCUT2D eigenvalue weighted by molar-refractivity contribution is 0.0696. The number of alkyl halides is 2. The number of carbonyl (C=O) groups is 1. The maximum Gasteiger partial charge on any atom is 0.350 e. The lowest BCUT2D eigenvalue weighted by Gasteiger charge is -2.06. The second-order valence-electron chi connectivity index (χ2n) is 3.13. The van der Waals surface area contributed by atoms with Gasteiger partial charge in [0.1, 0.15) is 0 Å². The smallest absolute Gasteiger partial charge is 0.350 e. The van der Waals surface area contributed by atoms with Crippen molar-refractivity contribution in [3.05, 3.63) is 35.4 Å². The first kappa shape index (κ1) is 13.5. The molecule has 0 heterocycles. The van der Waals surface area contributed by atoms with E-state index in [1.807, 2.05) is 0 Å². The number of benzene rings is 1. The molecule has 2 N–H and O–H groups in total. The Bertz CT molecular complexity index is 515. The van der Waals surface area contributed by atoms with Crippen molar-refractivity contribution < 1.29 is 27.1 Å². The molecule has 1 aromatic carbocycles. The highest BCUT2D eigenvalue weighted by Crippen LogP contribution is 2.07. The van der Waals surface area contributed by atoms with Crippen LogP contribution in [0.4, 0.5) is 8.78 Å². The van der Waals surface area contributed by atoms with Crippen LogP contribution in [0.2, 0.25) is 0 Å². The molecule has 0 saturated heterocycles. The maximum atomic E-state index is 12.0. The largest absolute Gasteiger partial charge is 0.478 e. The van der Waals surface area contributed by atoms with E-state index in [0.29, 0.717) is 0 Å². The molecule has 0 aliphatic heterocycles. The predicted molar refractivity (Wildman–Crippen MR) is 55.2 cm³/mol. The van der Waals surface area contributed by atoms with Gasteiger partial charge in [0, 0.05) is 6.54 Å². The van der Waals surface area contributed by atoms with E-state index in [9.17, 15) is 22.0 Å². The Morgan fingerprint density at radius 2 is 2.06 bits per heavy atom. The molecule has 0 fully saturated rings. The van der Waals surface area contributed by atoms with E-state index in [1.54, 1.807) is 4.72 Å². The van der Waals surface area contributed by atoms with Crippen LogP contribution in [0.1, 0.15) is 15.9 Å². The second kappa shape index (κ2) is 5.19. The highest BCUT2D eigenvalue weighted by atomic mass is 32.2. The first-order valence-corrected chi connectivity index (χ1v) is 5.96. The molecule has 17 heavy (non-hydrogen) atoms. The van der Waals surface area contributed by atoms with Crippen LogP contribution in [0.25, 0.3) is 0 Å². The second-order valence-corrected chi connectivity index (χ2v) is 4.87. The number of aromatic carboxylic acids is 1. The molecule has 0 spiro atoms. The number of hydrogen-bond acceptors (Lipinski definition) is 3. The Labute approximate surface area is 96.1 Å². The van der Waals surface area contributed by atoms with E-state index in [-0.39, 0.29) is 17.7 Å². The molecule has 0 atom stereocenters.